The molecule has 0 amide bonds. The lowest BCUT2D eigenvalue weighted by Gasteiger charge is -2.24. The zero-order chi connectivity index (χ0) is 14.3. The number of phenols is 1. The predicted octanol–water partition coefficient (Wildman–Crippen LogP) is 2.33. The van der Waals surface area contributed by atoms with Gasteiger partial charge in [-0.25, -0.2) is 4.98 Å². The third kappa shape index (κ3) is 2.16. The Kier molecular flexibility index (Phi) is 3.58. The summed E-state index contributed by atoms with van der Waals surface area (Å²) in [6.45, 7) is 1.74. The van der Waals surface area contributed by atoms with E-state index < -0.39 is 0 Å². The van der Waals surface area contributed by atoms with E-state index in [-0.39, 0.29) is 38.3 Å². The Bertz CT molecular complexity index is 724. The molecule has 20 heavy (non-hydrogen) atoms. The number of fused-ring (bicyclic) bond motifs is 1. The monoisotopic (exact) mass is 313 g/mol. The van der Waals surface area contributed by atoms with Crippen LogP contribution < -0.4 is 10.9 Å². The van der Waals surface area contributed by atoms with Gasteiger partial charge in [0.2, 0.25) is 0 Å². The van der Waals surface area contributed by atoms with Gasteiger partial charge in [0.25, 0.3) is 5.56 Å². The molecule has 7 heteroatoms. The molecule has 0 saturated carbocycles. The third-order valence-electron chi connectivity index (χ3n) is 3.64. The molecule has 1 aliphatic rings. The molecule has 1 aromatic carbocycles. The zero-order valence-electron chi connectivity index (χ0n) is 10.6. The fourth-order valence-corrected chi connectivity index (χ4v) is 3.11. The lowest BCUT2D eigenvalue weighted by molar-refractivity contribution is 0.359. The van der Waals surface area contributed by atoms with Gasteiger partial charge in [-0.1, -0.05) is 23.2 Å². The molecule has 0 spiro atoms. The van der Waals surface area contributed by atoms with Crippen LogP contribution in [0, 0.1) is 0 Å². The van der Waals surface area contributed by atoms with E-state index in [0.717, 1.165) is 25.9 Å². The minimum atomic E-state index is -0.237. The van der Waals surface area contributed by atoms with Crippen molar-refractivity contribution >= 4 is 34.1 Å². The van der Waals surface area contributed by atoms with Crippen molar-refractivity contribution in [1.82, 2.24) is 14.9 Å². The minimum absolute atomic E-state index is 0.0917. The summed E-state index contributed by atoms with van der Waals surface area (Å²) in [5.74, 6) is -0.208. The highest BCUT2D eigenvalue weighted by molar-refractivity contribution is 6.39. The van der Waals surface area contributed by atoms with Gasteiger partial charge in [0, 0.05) is 6.04 Å². The van der Waals surface area contributed by atoms with E-state index in [0.29, 0.717) is 0 Å². The number of hydrogen-bond acceptors (Lipinski definition) is 4. The maximum Gasteiger partial charge on any atom is 0.263 e. The SMILES string of the molecule is O=c1c2c(Cl)cc(Cl)c(O)c2ncn1C1CCNCC1. The van der Waals surface area contributed by atoms with Crippen LogP contribution in [0.15, 0.2) is 17.2 Å². The lowest BCUT2D eigenvalue weighted by atomic mass is 10.1. The van der Waals surface area contributed by atoms with Crippen molar-refractivity contribution in [2.75, 3.05) is 13.1 Å². The average Bonchev–Trinajstić information content (AvgIpc) is 2.45. The van der Waals surface area contributed by atoms with E-state index in [4.69, 9.17) is 23.2 Å². The number of hydrogen-bond donors (Lipinski definition) is 2. The van der Waals surface area contributed by atoms with Crippen LogP contribution in [0.5, 0.6) is 5.75 Å². The Labute approximate surface area is 125 Å². The molecule has 0 radical (unpaired) electrons. The molecule has 1 aromatic heterocycles. The molecule has 5 nitrogen and oxygen atoms in total. The van der Waals surface area contributed by atoms with Crippen LogP contribution in [0.1, 0.15) is 18.9 Å². The molecule has 0 unspecified atom stereocenters. The van der Waals surface area contributed by atoms with Crippen LogP contribution >= 0.6 is 23.2 Å². The first kappa shape index (κ1) is 13.7. The first-order valence-corrected chi connectivity index (χ1v) is 7.13. The number of phenolic OH excluding ortho intramolecular Hbond substituents is 1. The molecule has 0 bridgehead atoms. The van der Waals surface area contributed by atoms with Crippen LogP contribution in [0.25, 0.3) is 10.9 Å². The van der Waals surface area contributed by atoms with E-state index in [1.807, 2.05) is 0 Å². The summed E-state index contributed by atoms with van der Waals surface area (Å²) < 4.78 is 1.60. The quantitative estimate of drug-likeness (QED) is 0.848. The Balaban J connectivity index is 2.23. The Hall–Kier alpha value is -1.30. The van der Waals surface area contributed by atoms with Crippen molar-refractivity contribution in [3.8, 4) is 5.75 Å². The van der Waals surface area contributed by atoms with Crippen LogP contribution in [0.2, 0.25) is 10.0 Å². The fourth-order valence-electron chi connectivity index (χ4n) is 2.57. The van der Waals surface area contributed by atoms with E-state index >= 15 is 0 Å². The number of piperidine rings is 1. The van der Waals surface area contributed by atoms with Gasteiger partial charge < -0.3 is 10.4 Å². The summed E-state index contributed by atoms with van der Waals surface area (Å²) in [7, 11) is 0. The standard InChI is InChI=1S/C13H13Cl2N3O2/c14-8-5-9(15)12(19)11-10(8)13(20)18(6-17-11)7-1-3-16-4-2-7/h5-7,16,19H,1-4H2. The van der Waals surface area contributed by atoms with E-state index in [1.165, 1.54) is 12.4 Å². The molecule has 1 fully saturated rings. The van der Waals surface area contributed by atoms with Crippen LogP contribution in [0.3, 0.4) is 0 Å². The molecule has 3 rings (SSSR count). The Morgan fingerprint density at radius 2 is 2.00 bits per heavy atom. The number of aromatic nitrogens is 2. The number of halogens is 2. The van der Waals surface area contributed by atoms with Gasteiger partial charge >= 0.3 is 0 Å². The average molecular weight is 314 g/mol. The van der Waals surface area contributed by atoms with E-state index in [2.05, 4.69) is 10.3 Å². The van der Waals surface area contributed by atoms with Gasteiger partial charge in [-0.3, -0.25) is 9.36 Å². The zero-order valence-corrected chi connectivity index (χ0v) is 12.1. The van der Waals surface area contributed by atoms with Gasteiger partial charge in [0.05, 0.1) is 21.8 Å². The normalized spacial score (nSPS) is 16.7. The number of rotatable bonds is 1. The highest BCUT2D eigenvalue weighted by Crippen LogP contribution is 2.34. The first-order chi connectivity index (χ1) is 9.59. The van der Waals surface area contributed by atoms with Crippen molar-refractivity contribution in [3.63, 3.8) is 0 Å². The van der Waals surface area contributed by atoms with Crippen molar-refractivity contribution in [3.05, 3.63) is 32.8 Å². The summed E-state index contributed by atoms with van der Waals surface area (Å²) in [4.78, 5) is 16.7. The second kappa shape index (κ2) is 5.24. The van der Waals surface area contributed by atoms with Crippen LogP contribution in [-0.2, 0) is 0 Å². The topological polar surface area (TPSA) is 67.1 Å². The van der Waals surface area contributed by atoms with Crippen molar-refractivity contribution in [1.29, 1.82) is 0 Å². The highest BCUT2D eigenvalue weighted by atomic mass is 35.5. The summed E-state index contributed by atoms with van der Waals surface area (Å²) in [5.41, 5.74) is -0.0865. The summed E-state index contributed by atoms with van der Waals surface area (Å²) in [6.07, 6.45) is 3.20. The number of nitrogens with zero attached hydrogens (tertiary/aromatic N) is 2. The third-order valence-corrected chi connectivity index (χ3v) is 4.23. The number of nitrogens with one attached hydrogen (secondary N) is 1. The van der Waals surface area contributed by atoms with Crippen LogP contribution in [0.4, 0.5) is 0 Å². The Morgan fingerprint density at radius 1 is 1.30 bits per heavy atom. The maximum atomic E-state index is 12.6. The maximum absolute atomic E-state index is 12.6. The minimum Gasteiger partial charge on any atom is -0.504 e. The van der Waals surface area contributed by atoms with E-state index in [9.17, 15) is 9.90 Å². The summed E-state index contributed by atoms with van der Waals surface area (Å²) in [5, 5.41) is 13.7. The predicted molar refractivity (Wildman–Crippen MR) is 78.8 cm³/mol. The van der Waals surface area contributed by atoms with Gasteiger partial charge in [-0.05, 0) is 32.0 Å². The second-order valence-corrected chi connectivity index (χ2v) is 5.66. The van der Waals surface area contributed by atoms with Crippen LogP contribution in [-0.4, -0.2) is 27.7 Å². The molecular weight excluding hydrogens is 301 g/mol. The van der Waals surface area contributed by atoms with Crippen molar-refractivity contribution in [2.45, 2.75) is 18.9 Å². The van der Waals surface area contributed by atoms with Gasteiger partial charge in [-0.15, -0.1) is 0 Å². The first-order valence-electron chi connectivity index (χ1n) is 6.38. The molecule has 2 N–H and O–H groups in total. The highest BCUT2D eigenvalue weighted by Gasteiger charge is 2.20. The molecule has 2 heterocycles. The van der Waals surface area contributed by atoms with Crippen molar-refractivity contribution in [2.24, 2.45) is 0 Å². The Morgan fingerprint density at radius 3 is 2.70 bits per heavy atom. The number of aromatic hydroxyl groups is 1. The molecule has 0 aliphatic carbocycles. The molecule has 1 saturated heterocycles. The smallest absolute Gasteiger partial charge is 0.263 e. The van der Waals surface area contributed by atoms with E-state index in [1.54, 1.807) is 4.57 Å². The fraction of sp³-hybridized carbons (Fsp3) is 0.385. The summed E-state index contributed by atoms with van der Waals surface area (Å²) >= 11 is 11.9. The number of benzene rings is 1. The second-order valence-electron chi connectivity index (χ2n) is 4.85. The van der Waals surface area contributed by atoms with Gasteiger partial charge in [-0.2, -0.15) is 0 Å². The van der Waals surface area contributed by atoms with Gasteiger partial charge in [0.1, 0.15) is 5.52 Å². The molecular formula is C13H13Cl2N3O2. The summed E-state index contributed by atoms with van der Waals surface area (Å²) in [6, 6.07) is 1.48. The molecule has 0 atom stereocenters. The molecule has 1 aliphatic heterocycles. The molecule has 2 aromatic rings. The van der Waals surface area contributed by atoms with Gasteiger partial charge in [0.15, 0.2) is 5.75 Å². The lowest BCUT2D eigenvalue weighted by Crippen LogP contribution is -2.34. The molecule has 106 valence electrons. The largest absolute Gasteiger partial charge is 0.504 e. The van der Waals surface area contributed by atoms with Crippen molar-refractivity contribution < 1.29 is 5.11 Å².